The van der Waals surface area contributed by atoms with Gasteiger partial charge in [0.1, 0.15) is 0 Å². The maximum Gasteiger partial charge on any atom is 0.443 e. The topological polar surface area (TPSA) is 78.9 Å². The van der Waals surface area contributed by atoms with Crippen LogP contribution < -0.4 is 21.2 Å². The fourth-order valence-corrected chi connectivity index (χ4v) is 3.18. The van der Waals surface area contributed by atoms with Crippen LogP contribution >= 0.6 is 0 Å². The number of methoxy groups -OCH3 is 2. The van der Waals surface area contributed by atoms with Gasteiger partial charge in [0.25, 0.3) is 0 Å². The highest BCUT2D eigenvalue weighted by Gasteiger charge is 2.27. The Labute approximate surface area is 118 Å². The van der Waals surface area contributed by atoms with E-state index in [1.165, 1.54) is 14.2 Å². The summed E-state index contributed by atoms with van der Waals surface area (Å²) in [5.74, 6) is -0.746. The molecule has 100 valence electrons. The summed E-state index contributed by atoms with van der Waals surface area (Å²) >= 11 is -0.740. The maximum atomic E-state index is 11.2. The van der Waals surface area contributed by atoms with Gasteiger partial charge in [-0.3, -0.25) is 0 Å². The van der Waals surface area contributed by atoms with Crippen molar-refractivity contribution in [2.24, 2.45) is 0 Å². The molecule has 0 aliphatic carbocycles. The third-order valence-corrected chi connectivity index (χ3v) is 4.33. The number of furan rings is 2. The van der Waals surface area contributed by atoms with Crippen molar-refractivity contribution in [1.82, 2.24) is 0 Å². The first-order valence-electron chi connectivity index (χ1n) is 5.15. The Morgan fingerprint density at radius 2 is 1.32 bits per heavy atom. The molecule has 6 nitrogen and oxygen atoms in total. The maximum absolute atomic E-state index is 11.2. The van der Waals surface area contributed by atoms with Gasteiger partial charge in [-0.1, -0.05) is 0 Å². The summed E-state index contributed by atoms with van der Waals surface area (Å²) in [7, 11) is 2.57. The molecule has 0 aliphatic rings. The first-order valence-corrected chi connectivity index (χ1v) is 7.31. The Balaban J connectivity index is 2.09. The second-order valence-electron chi connectivity index (χ2n) is 3.29. The number of hydrogen-bond acceptors (Lipinski definition) is 6. The summed E-state index contributed by atoms with van der Waals surface area (Å²) in [6.07, 6.45) is 0. The van der Waals surface area contributed by atoms with Crippen LogP contribution in [0.1, 0.15) is 21.1 Å². The summed E-state index contributed by atoms with van der Waals surface area (Å²) in [5, 5.41) is 0. The molecule has 2 aromatic rings. The second-order valence-corrected chi connectivity index (χ2v) is 5.95. The molecular weight excluding hydrogens is 367 g/mol. The normalized spacial score (nSPS) is 10.2. The van der Waals surface area contributed by atoms with E-state index >= 15 is 0 Å². The fourth-order valence-electron chi connectivity index (χ4n) is 1.24. The van der Waals surface area contributed by atoms with Crippen molar-refractivity contribution in [3.05, 3.63) is 43.3 Å². The molecule has 7 heteroatoms. The van der Waals surface area contributed by atoms with Crippen molar-refractivity contribution in [2.75, 3.05) is 14.2 Å². The highest BCUT2D eigenvalue weighted by molar-refractivity contribution is 5.86. The third kappa shape index (κ3) is 3.16. The predicted molar refractivity (Wildman–Crippen MR) is 57.5 cm³/mol. The molecule has 2 heterocycles. The molecule has 0 spiro atoms. The molecule has 0 aliphatic heterocycles. The Morgan fingerprint density at radius 3 is 1.68 bits per heavy atom. The molecule has 2 aromatic heterocycles. The Morgan fingerprint density at radius 1 is 0.895 bits per heavy atom. The van der Waals surface area contributed by atoms with Crippen LogP contribution in [0.2, 0.25) is 0 Å². The SMILES string of the molecule is COC(=O)c1ccc([I+]c2ccc(C(=O)OC)o2)o1. The van der Waals surface area contributed by atoms with E-state index in [2.05, 4.69) is 9.47 Å². The van der Waals surface area contributed by atoms with Gasteiger partial charge in [0.15, 0.2) is 0 Å². The Hall–Kier alpha value is -1.77. The summed E-state index contributed by atoms with van der Waals surface area (Å²) in [5.41, 5.74) is 0. The van der Waals surface area contributed by atoms with Crippen molar-refractivity contribution in [1.29, 1.82) is 0 Å². The first kappa shape index (κ1) is 13.7. The minimum atomic E-state index is -0.740. The van der Waals surface area contributed by atoms with E-state index in [1.54, 1.807) is 24.3 Å². The largest absolute Gasteiger partial charge is 0.463 e. The van der Waals surface area contributed by atoms with Crippen molar-refractivity contribution < 1.29 is 49.1 Å². The second kappa shape index (κ2) is 5.91. The number of rotatable bonds is 4. The molecule has 0 N–H and O–H groups in total. The zero-order chi connectivity index (χ0) is 13.8. The van der Waals surface area contributed by atoms with E-state index in [-0.39, 0.29) is 11.5 Å². The summed E-state index contributed by atoms with van der Waals surface area (Å²) in [6.45, 7) is 0. The minimum Gasteiger partial charge on any atom is -0.463 e. The molecule has 0 bridgehead atoms. The van der Waals surface area contributed by atoms with Gasteiger partial charge in [0.05, 0.1) is 14.2 Å². The number of esters is 2. The Bertz CT molecular complexity index is 545. The predicted octanol–water partition coefficient (Wildman–Crippen LogP) is -1.43. The van der Waals surface area contributed by atoms with Gasteiger partial charge in [-0.2, -0.15) is 0 Å². The van der Waals surface area contributed by atoms with Crippen LogP contribution in [0.15, 0.2) is 33.1 Å². The van der Waals surface area contributed by atoms with Crippen molar-refractivity contribution in [3.8, 4) is 0 Å². The van der Waals surface area contributed by atoms with Crippen LogP contribution in [-0.4, -0.2) is 26.2 Å². The van der Waals surface area contributed by atoms with E-state index in [1.807, 2.05) is 0 Å². The van der Waals surface area contributed by atoms with Gasteiger partial charge >= 0.3 is 40.7 Å². The molecule has 2 rings (SSSR count). The number of carbonyl (C=O) groups excluding carboxylic acids is 2. The molecule has 19 heavy (non-hydrogen) atoms. The zero-order valence-electron chi connectivity index (χ0n) is 10.1. The van der Waals surface area contributed by atoms with Crippen LogP contribution in [0.3, 0.4) is 0 Å². The van der Waals surface area contributed by atoms with Crippen molar-refractivity contribution in [2.45, 2.75) is 0 Å². The molecule has 0 radical (unpaired) electrons. The standard InChI is InChI=1S/C12H10IO6/c1-16-11(14)7-3-5-9(18-7)13-10-6-4-8(19-10)12(15)17-2/h3-6H,1-2H3/q+1. The number of carbonyl (C=O) groups is 2. The van der Waals surface area contributed by atoms with Crippen LogP contribution in [0.5, 0.6) is 0 Å². The van der Waals surface area contributed by atoms with Crippen LogP contribution in [0.4, 0.5) is 0 Å². The highest BCUT2D eigenvalue weighted by Crippen LogP contribution is 2.03. The lowest BCUT2D eigenvalue weighted by atomic mass is 10.5. The van der Waals surface area contributed by atoms with E-state index in [4.69, 9.17) is 8.83 Å². The van der Waals surface area contributed by atoms with Crippen molar-refractivity contribution in [3.63, 3.8) is 0 Å². The van der Waals surface area contributed by atoms with E-state index in [9.17, 15) is 9.59 Å². The van der Waals surface area contributed by atoms with Crippen LogP contribution in [0, 0.1) is 7.53 Å². The molecule has 0 unspecified atom stereocenters. The third-order valence-electron chi connectivity index (χ3n) is 2.11. The lowest BCUT2D eigenvalue weighted by Crippen LogP contribution is -3.61. The molecule has 0 aromatic carbocycles. The van der Waals surface area contributed by atoms with Crippen LogP contribution in [-0.2, 0) is 9.47 Å². The monoisotopic (exact) mass is 377 g/mol. The number of hydrogen-bond donors (Lipinski definition) is 0. The average Bonchev–Trinajstić information content (AvgIpc) is 3.07. The molecule has 0 atom stereocenters. The van der Waals surface area contributed by atoms with E-state index in [0.29, 0.717) is 7.53 Å². The molecule has 0 fully saturated rings. The number of halogens is 1. The lowest BCUT2D eigenvalue weighted by molar-refractivity contribution is -0.636. The van der Waals surface area contributed by atoms with Gasteiger partial charge in [-0.05, 0) is 12.1 Å². The molecular formula is C12H10IO6+. The summed E-state index contributed by atoms with van der Waals surface area (Å²) < 4.78 is 21.0. The quantitative estimate of drug-likeness (QED) is 0.481. The van der Waals surface area contributed by atoms with Crippen LogP contribution in [0.25, 0.3) is 0 Å². The van der Waals surface area contributed by atoms with Gasteiger partial charge in [-0.25, -0.2) is 9.59 Å². The molecule has 0 saturated carbocycles. The lowest BCUT2D eigenvalue weighted by Gasteiger charge is -1.90. The summed E-state index contributed by atoms with van der Waals surface area (Å²) in [4.78, 5) is 22.4. The van der Waals surface area contributed by atoms with E-state index < -0.39 is 33.1 Å². The summed E-state index contributed by atoms with van der Waals surface area (Å²) in [6, 6.07) is 6.48. The van der Waals surface area contributed by atoms with Gasteiger partial charge in [0, 0.05) is 12.1 Å². The fraction of sp³-hybridized carbons (Fsp3) is 0.167. The van der Waals surface area contributed by atoms with Crippen molar-refractivity contribution >= 4 is 11.9 Å². The van der Waals surface area contributed by atoms with Gasteiger partial charge in [0.2, 0.25) is 11.5 Å². The van der Waals surface area contributed by atoms with Gasteiger partial charge < -0.3 is 18.3 Å². The molecule has 0 saturated heterocycles. The smallest absolute Gasteiger partial charge is 0.443 e. The minimum absolute atomic E-state index is 0.150. The number of ether oxygens (including phenoxy) is 2. The first-order chi connectivity index (χ1) is 9.13. The highest BCUT2D eigenvalue weighted by atomic mass is 127. The zero-order valence-corrected chi connectivity index (χ0v) is 12.3. The molecule has 0 amide bonds. The van der Waals surface area contributed by atoms with Gasteiger partial charge in [-0.15, -0.1) is 0 Å². The Kier molecular flexibility index (Phi) is 4.25. The van der Waals surface area contributed by atoms with E-state index in [0.717, 1.165) is 0 Å². The average molecular weight is 377 g/mol.